The van der Waals surface area contributed by atoms with Crippen molar-refractivity contribution < 1.29 is 8.94 Å². The molecule has 3 aromatic heterocycles. The van der Waals surface area contributed by atoms with Crippen LogP contribution in [0.2, 0.25) is 0 Å². The van der Waals surface area contributed by atoms with E-state index in [1.807, 2.05) is 36.4 Å². The summed E-state index contributed by atoms with van der Waals surface area (Å²) in [5.74, 6) is 2.52. The summed E-state index contributed by atoms with van der Waals surface area (Å²) >= 11 is 0. The van der Waals surface area contributed by atoms with Crippen LogP contribution in [0.4, 0.5) is 5.82 Å². The summed E-state index contributed by atoms with van der Waals surface area (Å²) in [6.07, 6.45) is 1.46. The number of fused-ring (bicyclic) bond motifs is 1. The quantitative estimate of drug-likeness (QED) is 0.619. The molecule has 0 fully saturated rings. The van der Waals surface area contributed by atoms with Gasteiger partial charge in [0, 0.05) is 12.5 Å². The molecule has 3 heterocycles. The van der Waals surface area contributed by atoms with Gasteiger partial charge in [-0.1, -0.05) is 35.5 Å². The third-order valence-corrected chi connectivity index (χ3v) is 3.37. The Morgan fingerprint density at radius 1 is 1.13 bits per heavy atom. The van der Waals surface area contributed by atoms with Crippen molar-refractivity contribution in [3.63, 3.8) is 0 Å². The second-order valence-electron chi connectivity index (χ2n) is 5.00. The minimum Gasteiger partial charge on any atom is -0.438 e. The van der Waals surface area contributed by atoms with Crippen LogP contribution in [0.5, 0.6) is 0 Å². The van der Waals surface area contributed by atoms with Crippen LogP contribution in [-0.2, 0) is 6.54 Å². The first-order valence-corrected chi connectivity index (χ1v) is 7.12. The predicted octanol–water partition coefficient (Wildman–Crippen LogP) is 3.19. The van der Waals surface area contributed by atoms with Crippen LogP contribution in [0.25, 0.3) is 22.4 Å². The second kappa shape index (κ2) is 5.53. The average Bonchev–Trinajstić information content (AvgIpc) is 3.20. The van der Waals surface area contributed by atoms with Crippen molar-refractivity contribution in [2.75, 3.05) is 5.32 Å². The Morgan fingerprint density at radius 2 is 2.00 bits per heavy atom. The molecule has 0 unspecified atom stereocenters. The number of aromatic nitrogens is 4. The molecule has 23 heavy (non-hydrogen) atoms. The molecule has 1 aromatic carbocycles. The van der Waals surface area contributed by atoms with Crippen LogP contribution in [0.15, 0.2) is 51.7 Å². The maximum Gasteiger partial charge on any atom is 0.231 e. The van der Waals surface area contributed by atoms with Gasteiger partial charge >= 0.3 is 0 Å². The topological polar surface area (TPSA) is 89.9 Å². The number of hydrogen-bond acceptors (Lipinski definition) is 7. The molecular formula is C16H13N5O2. The molecule has 1 N–H and O–H groups in total. The van der Waals surface area contributed by atoms with Gasteiger partial charge in [0.1, 0.15) is 17.9 Å². The molecule has 7 heteroatoms. The number of hydrogen-bond donors (Lipinski definition) is 1. The molecule has 7 nitrogen and oxygen atoms in total. The molecule has 0 amide bonds. The molecule has 114 valence electrons. The van der Waals surface area contributed by atoms with E-state index in [1.165, 1.54) is 6.33 Å². The Hall–Kier alpha value is -3.22. The van der Waals surface area contributed by atoms with Gasteiger partial charge in [0.25, 0.3) is 0 Å². The van der Waals surface area contributed by atoms with E-state index in [4.69, 9.17) is 8.94 Å². The van der Waals surface area contributed by atoms with Crippen molar-refractivity contribution in [3.8, 4) is 11.3 Å². The van der Waals surface area contributed by atoms with Crippen molar-refractivity contribution in [2.45, 2.75) is 13.5 Å². The lowest BCUT2D eigenvalue weighted by atomic mass is 10.2. The summed E-state index contributed by atoms with van der Waals surface area (Å²) in [6.45, 7) is 2.16. The van der Waals surface area contributed by atoms with Gasteiger partial charge in [-0.15, -0.1) is 0 Å². The second-order valence-corrected chi connectivity index (χ2v) is 5.00. The van der Waals surface area contributed by atoms with Crippen molar-refractivity contribution in [1.29, 1.82) is 0 Å². The molecule has 0 saturated heterocycles. The lowest BCUT2D eigenvalue weighted by molar-refractivity contribution is 0.388. The van der Waals surface area contributed by atoms with Crippen LogP contribution in [0.1, 0.15) is 11.7 Å². The average molecular weight is 307 g/mol. The number of nitrogens with zero attached hydrogens (tertiary/aromatic N) is 4. The first kappa shape index (κ1) is 13.4. The Morgan fingerprint density at radius 3 is 2.78 bits per heavy atom. The monoisotopic (exact) mass is 307 g/mol. The number of furan rings is 1. The predicted molar refractivity (Wildman–Crippen MR) is 83.6 cm³/mol. The molecule has 4 rings (SSSR count). The fourth-order valence-corrected chi connectivity index (χ4v) is 2.32. The lowest BCUT2D eigenvalue weighted by Crippen LogP contribution is -2.03. The molecule has 0 spiro atoms. The highest BCUT2D eigenvalue weighted by Gasteiger charge is 2.12. The van der Waals surface area contributed by atoms with E-state index < -0.39 is 0 Å². The van der Waals surface area contributed by atoms with E-state index in [9.17, 15) is 0 Å². The SMILES string of the molecule is Cc1nc(CNc2ncnc3oc(-c4ccccc4)cc23)no1. The zero-order chi connectivity index (χ0) is 15.6. The summed E-state index contributed by atoms with van der Waals surface area (Å²) in [4.78, 5) is 12.6. The summed E-state index contributed by atoms with van der Waals surface area (Å²) in [5.41, 5.74) is 1.52. The normalized spacial score (nSPS) is 11.0. The van der Waals surface area contributed by atoms with Crippen LogP contribution in [-0.4, -0.2) is 20.1 Å². The maximum atomic E-state index is 5.81. The van der Waals surface area contributed by atoms with Gasteiger partial charge in [0.05, 0.1) is 11.9 Å². The largest absolute Gasteiger partial charge is 0.438 e. The molecule has 0 aliphatic rings. The summed E-state index contributed by atoms with van der Waals surface area (Å²) in [5, 5.41) is 7.85. The number of nitrogens with one attached hydrogen (secondary N) is 1. The van der Waals surface area contributed by atoms with Gasteiger partial charge < -0.3 is 14.3 Å². The zero-order valence-electron chi connectivity index (χ0n) is 12.4. The van der Waals surface area contributed by atoms with Gasteiger partial charge in [0.15, 0.2) is 5.82 Å². The third-order valence-electron chi connectivity index (χ3n) is 3.37. The fourth-order valence-electron chi connectivity index (χ4n) is 2.32. The van der Waals surface area contributed by atoms with Crippen molar-refractivity contribution in [3.05, 3.63) is 54.4 Å². The molecule has 4 aromatic rings. The van der Waals surface area contributed by atoms with E-state index in [-0.39, 0.29) is 0 Å². The molecule has 0 aliphatic heterocycles. The standard InChI is InChI=1S/C16H13N5O2/c1-10-20-14(21-23-10)8-17-15-12-7-13(11-5-3-2-4-6-11)22-16(12)19-9-18-15/h2-7,9H,8H2,1H3,(H,17,18,19). The van der Waals surface area contributed by atoms with Gasteiger partial charge in [-0.05, 0) is 6.07 Å². The van der Waals surface area contributed by atoms with Crippen molar-refractivity contribution >= 4 is 16.9 Å². The van der Waals surface area contributed by atoms with Gasteiger partial charge in [0.2, 0.25) is 11.6 Å². The number of rotatable bonds is 4. The van der Waals surface area contributed by atoms with E-state index >= 15 is 0 Å². The molecule has 0 atom stereocenters. The highest BCUT2D eigenvalue weighted by molar-refractivity contribution is 5.89. The van der Waals surface area contributed by atoms with Crippen molar-refractivity contribution in [2.24, 2.45) is 0 Å². The van der Waals surface area contributed by atoms with Gasteiger partial charge in [-0.3, -0.25) is 0 Å². The lowest BCUT2D eigenvalue weighted by Gasteiger charge is -2.01. The number of aryl methyl sites for hydroxylation is 1. The Balaban J connectivity index is 1.66. The van der Waals surface area contributed by atoms with Gasteiger partial charge in [-0.2, -0.15) is 4.98 Å². The minimum atomic E-state index is 0.412. The molecule has 0 saturated carbocycles. The zero-order valence-corrected chi connectivity index (χ0v) is 12.4. The highest BCUT2D eigenvalue weighted by Crippen LogP contribution is 2.29. The van der Waals surface area contributed by atoms with Crippen LogP contribution >= 0.6 is 0 Å². The number of anilines is 1. The van der Waals surface area contributed by atoms with Gasteiger partial charge in [-0.25, -0.2) is 9.97 Å². The third kappa shape index (κ3) is 2.64. The maximum absolute atomic E-state index is 5.81. The van der Waals surface area contributed by atoms with E-state index in [0.29, 0.717) is 29.8 Å². The molecular weight excluding hydrogens is 294 g/mol. The summed E-state index contributed by atoms with van der Waals surface area (Å²) in [6, 6.07) is 11.8. The van der Waals surface area contributed by atoms with E-state index in [2.05, 4.69) is 25.4 Å². The Labute approximate surface area is 131 Å². The summed E-state index contributed by atoms with van der Waals surface area (Å²) in [7, 11) is 0. The number of benzene rings is 1. The van der Waals surface area contributed by atoms with Crippen LogP contribution in [0, 0.1) is 6.92 Å². The molecule has 0 bridgehead atoms. The van der Waals surface area contributed by atoms with Crippen LogP contribution < -0.4 is 5.32 Å². The fraction of sp³-hybridized carbons (Fsp3) is 0.125. The van der Waals surface area contributed by atoms with Crippen LogP contribution in [0.3, 0.4) is 0 Å². The summed E-state index contributed by atoms with van der Waals surface area (Å²) < 4.78 is 10.8. The first-order valence-electron chi connectivity index (χ1n) is 7.12. The first-order chi connectivity index (χ1) is 11.3. The minimum absolute atomic E-state index is 0.412. The Bertz CT molecular complexity index is 945. The highest BCUT2D eigenvalue weighted by atomic mass is 16.5. The van der Waals surface area contributed by atoms with E-state index in [1.54, 1.807) is 6.92 Å². The Kier molecular flexibility index (Phi) is 3.23. The van der Waals surface area contributed by atoms with E-state index in [0.717, 1.165) is 16.7 Å². The molecule has 0 radical (unpaired) electrons. The smallest absolute Gasteiger partial charge is 0.231 e. The van der Waals surface area contributed by atoms with Crippen molar-refractivity contribution in [1.82, 2.24) is 20.1 Å². The molecule has 0 aliphatic carbocycles.